The molecule has 0 N–H and O–H groups in total. The molecule has 2 nitrogen and oxygen atoms in total. The maximum atomic E-state index is 2.53. The van der Waals surface area contributed by atoms with Crippen LogP contribution in [-0.4, -0.2) is 38.6 Å². The summed E-state index contributed by atoms with van der Waals surface area (Å²) in [6.07, 6.45) is 2.54. The van der Waals surface area contributed by atoms with Gasteiger partial charge in [-0.25, -0.2) is 0 Å². The van der Waals surface area contributed by atoms with Gasteiger partial charge in [-0.3, -0.25) is 0 Å². The Morgan fingerprint density at radius 2 is 2.12 bits per heavy atom. The minimum Gasteiger partial charge on any atom is -0.370 e. The van der Waals surface area contributed by atoms with Gasteiger partial charge in [0.1, 0.15) is 0 Å². The number of benzene rings is 1. The molecular formula is C14H22N2. The van der Waals surface area contributed by atoms with Gasteiger partial charge in [0.25, 0.3) is 0 Å². The highest BCUT2D eigenvalue weighted by Gasteiger charge is 2.16. The molecule has 0 spiro atoms. The van der Waals surface area contributed by atoms with E-state index in [1.165, 1.54) is 36.2 Å². The second kappa shape index (κ2) is 4.88. The summed E-state index contributed by atoms with van der Waals surface area (Å²) in [5.41, 5.74) is 4.37. The number of aryl methyl sites for hydroxylation is 2. The van der Waals surface area contributed by atoms with Crippen molar-refractivity contribution in [2.24, 2.45) is 0 Å². The molecule has 1 aromatic rings. The number of rotatable bonds is 3. The van der Waals surface area contributed by atoms with Gasteiger partial charge in [0.15, 0.2) is 0 Å². The predicted molar refractivity (Wildman–Crippen MR) is 70.3 cm³/mol. The van der Waals surface area contributed by atoms with Crippen LogP contribution in [0.25, 0.3) is 0 Å². The summed E-state index contributed by atoms with van der Waals surface area (Å²) < 4.78 is 0. The number of anilines is 1. The molecule has 0 aromatic heterocycles. The Morgan fingerprint density at radius 3 is 2.88 bits per heavy atom. The maximum absolute atomic E-state index is 2.53. The van der Waals surface area contributed by atoms with E-state index in [-0.39, 0.29) is 0 Å². The van der Waals surface area contributed by atoms with Gasteiger partial charge in [0, 0.05) is 25.3 Å². The fraction of sp³-hybridized carbons (Fsp3) is 0.571. The van der Waals surface area contributed by atoms with Crippen molar-refractivity contribution in [1.82, 2.24) is 4.90 Å². The standard InChI is InChI=1S/C14H22N2/c1-12-6-7-14-13(11-12)5-4-8-16(14)10-9-15(2)3/h6-7,11H,4-5,8-10H2,1-3H3. The van der Waals surface area contributed by atoms with Crippen molar-refractivity contribution < 1.29 is 0 Å². The molecule has 16 heavy (non-hydrogen) atoms. The number of hydrogen-bond acceptors (Lipinski definition) is 2. The molecule has 0 fully saturated rings. The second-order valence-electron chi connectivity index (χ2n) is 5.03. The smallest absolute Gasteiger partial charge is 0.0399 e. The number of hydrogen-bond donors (Lipinski definition) is 0. The number of nitrogens with zero attached hydrogens (tertiary/aromatic N) is 2. The predicted octanol–water partition coefficient (Wildman–Crippen LogP) is 2.31. The first-order chi connectivity index (χ1) is 7.66. The lowest BCUT2D eigenvalue weighted by Gasteiger charge is -2.32. The molecule has 2 heteroatoms. The summed E-state index contributed by atoms with van der Waals surface area (Å²) in [6.45, 7) is 5.67. The van der Waals surface area contributed by atoms with Gasteiger partial charge in [-0.05, 0) is 45.5 Å². The summed E-state index contributed by atoms with van der Waals surface area (Å²) in [4.78, 5) is 4.78. The summed E-state index contributed by atoms with van der Waals surface area (Å²) >= 11 is 0. The molecule has 0 radical (unpaired) electrons. The average Bonchev–Trinajstić information content (AvgIpc) is 2.25. The van der Waals surface area contributed by atoms with E-state index in [0.29, 0.717) is 0 Å². The molecule has 2 rings (SSSR count). The molecular weight excluding hydrogens is 196 g/mol. The van der Waals surface area contributed by atoms with Gasteiger partial charge in [0.05, 0.1) is 0 Å². The molecule has 0 atom stereocenters. The molecule has 0 aliphatic carbocycles. The topological polar surface area (TPSA) is 6.48 Å². The first-order valence-electron chi connectivity index (χ1n) is 6.16. The molecule has 1 aliphatic heterocycles. The van der Waals surface area contributed by atoms with Gasteiger partial charge in [-0.1, -0.05) is 17.7 Å². The summed E-state index contributed by atoms with van der Waals surface area (Å²) in [5.74, 6) is 0. The zero-order valence-electron chi connectivity index (χ0n) is 10.7. The lowest BCUT2D eigenvalue weighted by molar-refractivity contribution is 0.411. The summed E-state index contributed by atoms with van der Waals surface area (Å²) in [5, 5.41) is 0. The van der Waals surface area contributed by atoms with E-state index in [1.807, 2.05) is 0 Å². The minimum atomic E-state index is 1.13. The largest absolute Gasteiger partial charge is 0.370 e. The molecule has 88 valence electrons. The Bertz CT molecular complexity index is 358. The van der Waals surface area contributed by atoms with E-state index < -0.39 is 0 Å². The van der Waals surface area contributed by atoms with Crippen LogP contribution in [0.5, 0.6) is 0 Å². The quantitative estimate of drug-likeness (QED) is 0.768. The van der Waals surface area contributed by atoms with E-state index >= 15 is 0 Å². The summed E-state index contributed by atoms with van der Waals surface area (Å²) in [6, 6.07) is 6.86. The second-order valence-corrected chi connectivity index (χ2v) is 5.03. The Balaban J connectivity index is 2.13. The fourth-order valence-corrected chi connectivity index (χ4v) is 2.36. The Labute approximate surface area is 98.9 Å². The lowest BCUT2D eigenvalue weighted by Crippen LogP contribution is -2.35. The molecule has 1 aliphatic rings. The van der Waals surface area contributed by atoms with E-state index in [4.69, 9.17) is 0 Å². The zero-order chi connectivity index (χ0) is 11.5. The van der Waals surface area contributed by atoms with Crippen LogP contribution in [0.15, 0.2) is 18.2 Å². The third-order valence-electron chi connectivity index (χ3n) is 3.27. The highest BCUT2D eigenvalue weighted by Crippen LogP contribution is 2.27. The Kier molecular flexibility index (Phi) is 3.49. The minimum absolute atomic E-state index is 1.13. The molecule has 0 saturated carbocycles. The van der Waals surface area contributed by atoms with Crippen molar-refractivity contribution in [2.75, 3.05) is 38.6 Å². The Morgan fingerprint density at radius 1 is 1.31 bits per heavy atom. The van der Waals surface area contributed by atoms with Gasteiger partial charge in [-0.15, -0.1) is 0 Å². The highest BCUT2D eigenvalue weighted by molar-refractivity contribution is 5.56. The van der Waals surface area contributed by atoms with Gasteiger partial charge in [0.2, 0.25) is 0 Å². The van der Waals surface area contributed by atoms with Crippen LogP contribution in [0, 0.1) is 6.92 Å². The molecule has 1 heterocycles. The molecule has 0 bridgehead atoms. The van der Waals surface area contributed by atoms with Crippen molar-refractivity contribution in [3.05, 3.63) is 29.3 Å². The van der Waals surface area contributed by atoms with Crippen molar-refractivity contribution in [3.8, 4) is 0 Å². The van der Waals surface area contributed by atoms with E-state index in [2.05, 4.69) is 49.0 Å². The monoisotopic (exact) mass is 218 g/mol. The van der Waals surface area contributed by atoms with Crippen LogP contribution in [0.3, 0.4) is 0 Å². The number of fused-ring (bicyclic) bond motifs is 1. The van der Waals surface area contributed by atoms with Crippen LogP contribution in [0.1, 0.15) is 17.5 Å². The third kappa shape index (κ3) is 2.56. The normalized spacial score (nSPS) is 15.4. The van der Waals surface area contributed by atoms with Crippen LogP contribution >= 0.6 is 0 Å². The van der Waals surface area contributed by atoms with Gasteiger partial charge >= 0.3 is 0 Å². The SMILES string of the molecule is Cc1ccc2c(c1)CCCN2CCN(C)C. The van der Waals surface area contributed by atoms with Crippen LogP contribution < -0.4 is 4.90 Å². The van der Waals surface area contributed by atoms with Crippen LogP contribution in [0.4, 0.5) is 5.69 Å². The first kappa shape index (κ1) is 11.5. The summed E-state index contributed by atoms with van der Waals surface area (Å²) in [7, 11) is 4.28. The maximum Gasteiger partial charge on any atom is 0.0399 e. The third-order valence-corrected chi connectivity index (χ3v) is 3.27. The molecule has 1 aromatic carbocycles. The van der Waals surface area contributed by atoms with Crippen LogP contribution in [0.2, 0.25) is 0 Å². The first-order valence-corrected chi connectivity index (χ1v) is 6.16. The highest BCUT2D eigenvalue weighted by atomic mass is 15.2. The van der Waals surface area contributed by atoms with Crippen molar-refractivity contribution in [2.45, 2.75) is 19.8 Å². The van der Waals surface area contributed by atoms with Crippen molar-refractivity contribution >= 4 is 5.69 Å². The van der Waals surface area contributed by atoms with Crippen molar-refractivity contribution in [3.63, 3.8) is 0 Å². The fourth-order valence-electron chi connectivity index (χ4n) is 2.36. The van der Waals surface area contributed by atoms with E-state index in [9.17, 15) is 0 Å². The van der Waals surface area contributed by atoms with E-state index in [1.54, 1.807) is 0 Å². The molecule has 0 amide bonds. The molecule has 0 unspecified atom stereocenters. The van der Waals surface area contributed by atoms with Gasteiger partial charge < -0.3 is 9.80 Å². The van der Waals surface area contributed by atoms with Crippen LogP contribution in [-0.2, 0) is 6.42 Å². The zero-order valence-corrected chi connectivity index (χ0v) is 10.7. The average molecular weight is 218 g/mol. The van der Waals surface area contributed by atoms with E-state index in [0.717, 1.165) is 13.1 Å². The molecule has 0 saturated heterocycles. The van der Waals surface area contributed by atoms with Gasteiger partial charge in [-0.2, -0.15) is 0 Å². The van der Waals surface area contributed by atoms with Crippen molar-refractivity contribution in [1.29, 1.82) is 0 Å². The number of likely N-dealkylation sites (N-methyl/N-ethyl adjacent to an activating group) is 1. The lowest BCUT2D eigenvalue weighted by atomic mass is 9.99. The Hall–Kier alpha value is -1.02.